The normalized spacial score (nSPS) is 15.0. The van der Waals surface area contributed by atoms with Crippen molar-refractivity contribution in [3.8, 4) is 0 Å². The van der Waals surface area contributed by atoms with Gasteiger partial charge in [0.05, 0.1) is 12.9 Å². The second kappa shape index (κ2) is 5.75. The first-order chi connectivity index (χ1) is 9.38. The average Bonchev–Trinajstić information content (AvgIpc) is 2.98. The Morgan fingerprint density at radius 2 is 2.26 bits per heavy atom. The molecule has 0 aromatic carbocycles. The SMILES string of the molecule is NCc1nnc(SCCCn2ccnc2)n1C1CC1. The first-order valence-electron chi connectivity index (χ1n) is 6.61. The molecular weight excluding hydrogens is 260 g/mol. The van der Waals surface area contributed by atoms with Crippen molar-refractivity contribution >= 4 is 11.8 Å². The highest BCUT2D eigenvalue weighted by atomic mass is 32.2. The summed E-state index contributed by atoms with van der Waals surface area (Å²) in [4.78, 5) is 4.03. The van der Waals surface area contributed by atoms with Crippen LogP contribution < -0.4 is 5.73 Å². The Labute approximate surface area is 116 Å². The van der Waals surface area contributed by atoms with Crippen LogP contribution in [0.4, 0.5) is 0 Å². The molecule has 2 heterocycles. The summed E-state index contributed by atoms with van der Waals surface area (Å²) in [7, 11) is 0. The third kappa shape index (κ3) is 2.98. The first-order valence-corrected chi connectivity index (χ1v) is 7.59. The van der Waals surface area contributed by atoms with E-state index in [-0.39, 0.29) is 0 Å². The maximum Gasteiger partial charge on any atom is 0.191 e. The molecule has 2 aromatic rings. The van der Waals surface area contributed by atoms with Gasteiger partial charge in [0.2, 0.25) is 0 Å². The maximum atomic E-state index is 5.71. The zero-order valence-electron chi connectivity index (χ0n) is 10.8. The zero-order valence-corrected chi connectivity index (χ0v) is 11.6. The Balaban J connectivity index is 1.53. The zero-order chi connectivity index (χ0) is 13.1. The smallest absolute Gasteiger partial charge is 0.191 e. The highest BCUT2D eigenvalue weighted by Crippen LogP contribution is 2.38. The molecule has 0 radical (unpaired) electrons. The molecule has 1 fully saturated rings. The summed E-state index contributed by atoms with van der Waals surface area (Å²) in [5.41, 5.74) is 5.71. The van der Waals surface area contributed by atoms with Gasteiger partial charge in [0.15, 0.2) is 5.16 Å². The van der Waals surface area contributed by atoms with Crippen LogP contribution in [0.5, 0.6) is 0 Å². The fraction of sp³-hybridized carbons (Fsp3) is 0.583. The molecular formula is C12H18N6S. The molecule has 2 N–H and O–H groups in total. The number of nitrogens with two attached hydrogens (primary N) is 1. The summed E-state index contributed by atoms with van der Waals surface area (Å²) in [5.74, 6) is 1.95. The molecule has 0 spiro atoms. The largest absolute Gasteiger partial charge is 0.337 e. The summed E-state index contributed by atoms with van der Waals surface area (Å²) in [6.45, 7) is 1.47. The van der Waals surface area contributed by atoms with Gasteiger partial charge in [-0.3, -0.25) is 0 Å². The molecule has 3 rings (SSSR count). The van der Waals surface area contributed by atoms with Gasteiger partial charge in [0, 0.05) is 30.7 Å². The summed E-state index contributed by atoms with van der Waals surface area (Å²) in [6, 6.07) is 0.588. The van der Waals surface area contributed by atoms with Gasteiger partial charge in [-0.2, -0.15) is 0 Å². The van der Waals surface area contributed by atoms with E-state index in [1.807, 2.05) is 18.7 Å². The van der Waals surface area contributed by atoms with Gasteiger partial charge >= 0.3 is 0 Å². The molecule has 0 saturated heterocycles. The van der Waals surface area contributed by atoms with Crippen LogP contribution in [0.25, 0.3) is 0 Å². The van der Waals surface area contributed by atoms with E-state index in [2.05, 4.69) is 24.3 Å². The third-order valence-corrected chi connectivity index (χ3v) is 4.21. The summed E-state index contributed by atoms with van der Waals surface area (Å²) < 4.78 is 4.32. The van der Waals surface area contributed by atoms with Crippen molar-refractivity contribution in [3.63, 3.8) is 0 Å². The highest BCUT2D eigenvalue weighted by Gasteiger charge is 2.28. The van der Waals surface area contributed by atoms with E-state index in [0.29, 0.717) is 12.6 Å². The minimum Gasteiger partial charge on any atom is -0.337 e. The Kier molecular flexibility index (Phi) is 3.84. The molecule has 0 bridgehead atoms. The molecule has 19 heavy (non-hydrogen) atoms. The van der Waals surface area contributed by atoms with E-state index < -0.39 is 0 Å². The van der Waals surface area contributed by atoms with E-state index in [1.54, 1.807) is 11.8 Å². The van der Waals surface area contributed by atoms with E-state index in [4.69, 9.17) is 5.73 Å². The van der Waals surface area contributed by atoms with Gasteiger partial charge in [0.1, 0.15) is 5.82 Å². The Bertz CT molecular complexity index is 516. The lowest BCUT2D eigenvalue weighted by molar-refractivity contribution is 0.625. The molecule has 2 aromatic heterocycles. The molecule has 7 heteroatoms. The van der Waals surface area contributed by atoms with Gasteiger partial charge in [-0.25, -0.2) is 4.98 Å². The Hall–Kier alpha value is -1.34. The van der Waals surface area contributed by atoms with Crippen molar-refractivity contribution in [2.75, 3.05) is 5.75 Å². The average molecular weight is 278 g/mol. The fourth-order valence-corrected chi connectivity index (χ4v) is 3.02. The van der Waals surface area contributed by atoms with Crippen molar-refractivity contribution in [1.29, 1.82) is 0 Å². The van der Waals surface area contributed by atoms with Crippen molar-refractivity contribution in [2.45, 2.75) is 43.6 Å². The van der Waals surface area contributed by atoms with Crippen molar-refractivity contribution in [1.82, 2.24) is 24.3 Å². The van der Waals surface area contributed by atoms with Crippen molar-refractivity contribution in [2.24, 2.45) is 5.73 Å². The summed E-state index contributed by atoms with van der Waals surface area (Å²) in [6.07, 6.45) is 9.20. The molecule has 0 unspecified atom stereocenters. The van der Waals surface area contributed by atoms with Crippen LogP contribution in [0.1, 0.15) is 31.1 Å². The second-order valence-electron chi connectivity index (χ2n) is 4.71. The predicted molar refractivity (Wildman–Crippen MR) is 73.8 cm³/mol. The summed E-state index contributed by atoms with van der Waals surface area (Å²) >= 11 is 1.77. The van der Waals surface area contributed by atoms with E-state index in [1.165, 1.54) is 12.8 Å². The number of hydrogen-bond acceptors (Lipinski definition) is 5. The van der Waals surface area contributed by atoms with E-state index in [9.17, 15) is 0 Å². The standard InChI is InChI=1S/C12H18N6S/c13-8-11-15-16-12(18(11)10-2-3-10)19-7-1-5-17-6-4-14-9-17/h4,6,9-10H,1-3,5,7-8,13H2. The lowest BCUT2D eigenvalue weighted by Gasteiger charge is -2.07. The number of aryl methyl sites for hydroxylation is 1. The number of nitrogens with zero attached hydrogens (tertiary/aromatic N) is 5. The predicted octanol–water partition coefficient (Wildman–Crippen LogP) is 1.45. The van der Waals surface area contributed by atoms with Crippen LogP contribution in [0.2, 0.25) is 0 Å². The van der Waals surface area contributed by atoms with Gasteiger partial charge < -0.3 is 14.9 Å². The molecule has 102 valence electrons. The van der Waals surface area contributed by atoms with E-state index in [0.717, 1.165) is 29.7 Å². The van der Waals surface area contributed by atoms with Crippen LogP contribution in [-0.2, 0) is 13.1 Å². The minimum atomic E-state index is 0.471. The topological polar surface area (TPSA) is 74.6 Å². The van der Waals surface area contributed by atoms with Crippen LogP contribution in [-0.4, -0.2) is 30.1 Å². The molecule has 0 amide bonds. The van der Waals surface area contributed by atoms with Gasteiger partial charge in [0.25, 0.3) is 0 Å². The number of hydrogen-bond donors (Lipinski definition) is 1. The lowest BCUT2D eigenvalue weighted by Crippen LogP contribution is -2.08. The lowest BCUT2D eigenvalue weighted by atomic mass is 10.5. The van der Waals surface area contributed by atoms with Crippen LogP contribution in [0, 0.1) is 0 Å². The first kappa shape index (κ1) is 12.7. The molecule has 0 atom stereocenters. The van der Waals surface area contributed by atoms with Crippen LogP contribution >= 0.6 is 11.8 Å². The fourth-order valence-electron chi connectivity index (χ4n) is 2.07. The Morgan fingerprint density at radius 3 is 2.95 bits per heavy atom. The molecule has 0 aliphatic heterocycles. The third-order valence-electron chi connectivity index (χ3n) is 3.18. The number of imidazole rings is 1. The molecule has 6 nitrogen and oxygen atoms in total. The summed E-state index contributed by atoms with van der Waals surface area (Å²) in [5, 5.41) is 9.46. The van der Waals surface area contributed by atoms with Crippen LogP contribution in [0.15, 0.2) is 23.9 Å². The van der Waals surface area contributed by atoms with Gasteiger partial charge in [-0.05, 0) is 19.3 Å². The highest BCUT2D eigenvalue weighted by molar-refractivity contribution is 7.99. The Morgan fingerprint density at radius 1 is 1.37 bits per heavy atom. The minimum absolute atomic E-state index is 0.471. The molecule has 1 aliphatic carbocycles. The monoisotopic (exact) mass is 278 g/mol. The maximum absolute atomic E-state index is 5.71. The number of aromatic nitrogens is 5. The quantitative estimate of drug-likeness (QED) is 0.613. The second-order valence-corrected chi connectivity index (χ2v) is 5.77. The van der Waals surface area contributed by atoms with Gasteiger partial charge in [-0.15, -0.1) is 10.2 Å². The van der Waals surface area contributed by atoms with Crippen LogP contribution in [0.3, 0.4) is 0 Å². The molecule has 1 aliphatic rings. The van der Waals surface area contributed by atoms with Gasteiger partial charge in [-0.1, -0.05) is 11.8 Å². The van der Waals surface area contributed by atoms with E-state index >= 15 is 0 Å². The van der Waals surface area contributed by atoms with Crippen molar-refractivity contribution in [3.05, 3.63) is 24.5 Å². The number of rotatable bonds is 7. The number of thioether (sulfide) groups is 1. The van der Waals surface area contributed by atoms with Crippen molar-refractivity contribution < 1.29 is 0 Å². The molecule has 1 saturated carbocycles.